The first-order valence-electron chi connectivity index (χ1n) is 8.67. The average Bonchev–Trinajstić information content (AvgIpc) is 3.08. The summed E-state index contributed by atoms with van der Waals surface area (Å²) in [5.41, 5.74) is 1.89. The van der Waals surface area contributed by atoms with Gasteiger partial charge in [0.15, 0.2) is 0 Å². The third-order valence-electron chi connectivity index (χ3n) is 4.66. The molecule has 0 aromatic heterocycles. The van der Waals surface area contributed by atoms with Crippen molar-refractivity contribution in [3.05, 3.63) is 63.6 Å². The number of halogens is 2. The summed E-state index contributed by atoms with van der Waals surface area (Å²) >= 11 is 12.3. The van der Waals surface area contributed by atoms with Gasteiger partial charge in [-0.1, -0.05) is 41.4 Å². The Morgan fingerprint density at radius 2 is 2.00 bits per heavy atom. The van der Waals surface area contributed by atoms with Crippen LogP contribution in [0, 0.1) is 0 Å². The van der Waals surface area contributed by atoms with Gasteiger partial charge in [0, 0.05) is 6.54 Å². The normalized spacial score (nSPS) is 18.7. The van der Waals surface area contributed by atoms with Crippen LogP contribution in [0.25, 0.3) is 0 Å². The number of rotatable bonds is 6. The molecule has 1 fully saturated rings. The molecular formula is C20H21Cl2NO3. The van der Waals surface area contributed by atoms with Gasteiger partial charge in [0.1, 0.15) is 11.8 Å². The summed E-state index contributed by atoms with van der Waals surface area (Å²) in [6, 6.07) is 12.5. The molecule has 3 rings (SSSR count). The number of hydrogen-bond donors (Lipinski definition) is 1. The second-order valence-corrected chi connectivity index (χ2v) is 7.13. The molecule has 1 N–H and O–H groups in total. The van der Waals surface area contributed by atoms with E-state index in [4.69, 9.17) is 27.9 Å². The fraction of sp³-hybridized carbons (Fsp3) is 0.350. The van der Waals surface area contributed by atoms with Crippen molar-refractivity contribution in [2.75, 3.05) is 13.2 Å². The molecule has 1 aliphatic heterocycles. The van der Waals surface area contributed by atoms with Crippen LogP contribution in [-0.4, -0.2) is 35.2 Å². The largest absolute Gasteiger partial charge is 0.494 e. The van der Waals surface area contributed by atoms with Crippen LogP contribution in [-0.2, 0) is 4.79 Å². The van der Waals surface area contributed by atoms with Gasteiger partial charge in [-0.3, -0.25) is 9.69 Å². The molecule has 0 radical (unpaired) electrons. The molecule has 138 valence electrons. The molecule has 6 heteroatoms. The zero-order valence-electron chi connectivity index (χ0n) is 14.5. The van der Waals surface area contributed by atoms with Crippen molar-refractivity contribution >= 4 is 29.2 Å². The molecule has 0 amide bonds. The van der Waals surface area contributed by atoms with Gasteiger partial charge in [0.25, 0.3) is 0 Å². The van der Waals surface area contributed by atoms with Gasteiger partial charge >= 0.3 is 5.97 Å². The molecule has 2 aromatic carbocycles. The first-order chi connectivity index (χ1) is 12.5. The minimum absolute atomic E-state index is 0.228. The number of likely N-dealkylation sites (tertiary alicyclic amines) is 1. The Balaban J connectivity index is 2.08. The van der Waals surface area contributed by atoms with E-state index in [-0.39, 0.29) is 6.04 Å². The number of hydrogen-bond acceptors (Lipinski definition) is 3. The Kier molecular flexibility index (Phi) is 6.07. The topological polar surface area (TPSA) is 49.8 Å². The van der Waals surface area contributed by atoms with E-state index in [0.29, 0.717) is 29.6 Å². The van der Waals surface area contributed by atoms with Gasteiger partial charge in [-0.2, -0.15) is 0 Å². The van der Waals surface area contributed by atoms with E-state index in [1.807, 2.05) is 48.2 Å². The molecule has 2 atom stereocenters. The minimum atomic E-state index is -0.798. The van der Waals surface area contributed by atoms with Crippen molar-refractivity contribution in [2.24, 2.45) is 0 Å². The van der Waals surface area contributed by atoms with Crippen LogP contribution in [0.5, 0.6) is 5.75 Å². The van der Waals surface area contributed by atoms with E-state index in [1.165, 1.54) is 0 Å². The second-order valence-electron chi connectivity index (χ2n) is 6.32. The van der Waals surface area contributed by atoms with E-state index in [0.717, 1.165) is 23.3 Å². The average molecular weight is 394 g/mol. The van der Waals surface area contributed by atoms with Crippen LogP contribution in [0.4, 0.5) is 0 Å². The maximum Gasteiger partial charge on any atom is 0.320 e. The number of carboxylic acid groups (broad SMARTS) is 1. The lowest BCUT2D eigenvalue weighted by Crippen LogP contribution is -2.39. The Bertz CT molecular complexity index is 796. The highest BCUT2D eigenvalue weighted by Gasteiger charge is 2.37. The quantitative estimate of drug-likeness (QED) is 0.747. The number of nitrogens with zero attached hydrogens (tertiary/aromatic N) is 1. The monoisotopic (exact) mass is 393 g/mol. The van der Waals surface area contributed by atoms with Crippen molar-refractivity contribution < 1.29 is 14.6 Å². The fourth-order valence-electron chi connectivity index (χ4n) is 3.56. The fourth-order valence-corrected chi connectivity index (χ4v) is 3.87. The Morgan fingerprint density at radius 3 is 2.69 bits per heavy atom. The van der Waals surface area contributed by atoms with Crippen molar-refractivity contribution in [1.82, 2.24) is 4.90 Å². The molecule has 1 heterocycles. The van der Waals surface area contributed by atoms with Crippen molar-refractivity contribution in [3.63, 3.8) is 0 Å². The molecular weight excluding hydrogens is 373 g/mol. The summed E-state index contributed by atoms with van der Waals surface area (Å²) < 4.78 is 5.63. The van der Waals surface area contributed by atoms with Gasteiger partial charge in [-0.25, -0.2) is 0 Å². The molecule has 0 bridgehead atoms. The van der Waals surface area contributed by atoms with Crippen LogP contribution in [0.3, 0.4) is 0 Å². The van der Waals surface area contributed by atoms with Crippen LogP contribution in [0.2, 0.25) is 10.0 Å². The highest BCUT2D eigenvalue weighted by Crippen LogP contribution is 2.38. The summed E-state index contributed by atoms with van der Waals surface area (Å²) in [4.78, 5) is 13.8. The molecule has 2 unspecified atom stereocenters. The number of carbonyl (C=O) groups is 1. The molecule has 0 spiro atoms. The zero-order chi connectivity index (χ0) is 18.7. The molecule has 4 nitrogen and oxygen atoms in total. The number of carboxylic acids is 1. The van der Waals surface area contributed by atoms with E-state index in [2.05, 4.69) is 0 Å². The lowest BCUT2D eigenvalue weighted by molar-refractivity contribution is -0.142. The van der Waals surface area contributed by atoms with Crippen molar-refractivity contribution in [1.29, 1.82) is 0 Å². The summed E-state index contributed by atoms with van der Waals surface area (Å²) in [7, 11) is 0. The Labute approximate surface area is 163 Å². The van der Waals surface area contributed by atoms with Crippen molar-refractivity contribution in [2.45, 2.75) is 31.8 Å². The smallest absolute Gasteiger partial charge is 0.320 e. The lowest BCUT2D eigenvalue weighted by Gasteiger charge is -2.32. The zero-order valence-corrected chi connectivity index (χ0v) is 16.0. The predicted molar refractivity (Wildman–Crippen MR) is 103 cm³/mol. The molecule has 0 aliphatic carbocycles. The maximum atomic E-state index is 11.8. The second kappa shape index (κ2) is 8.30. The van der Waals surface area contributed by atoms with Gasteiger partial charge < -0.3 is 9.84 Å². The van der Waals surface area contributed by atoms with E-state index in [9.17, 15) is 9.90 Å². The summed E-state index contributed by atoms with van der Waals surface area (Å²) in [5, 5.41) is 10.6. The maximum absolute atomic E-state index is 11.8. The SMILES string of the molecule is CCOc1cccc(C(c2ccc(Cl)c(Cl)c2)N2CCCC2C(=O)O)c1. The molecule has 26 heavy (non-hydrogen) atoms. The lowest BCUT2D eigenvalue weighted by atomic mass is 9.96. The standard InChI is InChI=1S/C20H21Cl2NO3/c1-2-26-15-6-3-5-13(11-15)19(14-8-9-16(21)17(22)12-14)23-10-4-7-18(23)20(24)25/h3,5-6,8-9,11-12,18-19H,2,4,7,10H2,1H3,(H,24,25). The van der Waals surface area contributed by atoms with Gasteiger partial charge in [0.05, 0.1) is 22.7 Å². The van der Waals surface area contributed by atoms with Crippen molar-refractivity contribution in [3.8, 4) is 5.75 Å². The highest BCUT2D eigenvalue weighted by atomic mass is 35.5. The van der Waals surface area contributed by atoms with Gasteiger partial charge in [-0.05, 0) is 55.2 Å². The molecule has 1 aliphatic rings. The summed E-state index contributed by atoms with van der Waals surface area (Å²) in [6.07, 6.45) is 1.48. The van der Waals surface area contributed by atoms with E-state index < -0.39 is 12.0 Å². The number of ether oxygens (including phenoxy) is 1. The summed E-state index contributed by atoms with van der Waals surface area (Å²) in [6.45, 7) is 3.22. The molecule has 0 saturated carbocycles. The van der Waals surface area contributed by atoms with Gasteiger partial charge in [-0.15, -0.1) is 0 Å². The Hall–Kier alpha value is -1.75. The van der Waals surface area contributed by atoms with Gasteiger partial charge in [0.2, 0.25) is 0 Å². The van der Waals surface area contributed by atoms with Crippen LogP contribution in [0.1, 0.15) is 36.9 Å². The van der Waals surface area contributed by atoms with Crippen LogP contribution < -0.4 is 4.74 Å². The van der Waals surface area contributed by atoms with E-state index in [1.54, 1.807) is 6.07 Å². The minimum Gasteiger partial charge on any atom is -0.494 e. The third-order valence-corrected chi connectivity index (χ3v) is 5.39. The first kappa shape index (κ1) is 19.0. The van der Waals surface area contributed by atoms with E-state index >= 15 is 0 Å². The summed E-state index contributed by atoms with van der Waals surface area (Å²) in [5.74, 6) is -0.0327. The Morgan fingerprint density at radius 1 is 1.23 bits per heavy atom. The first-order valence-corrected chi connectivity index (χ1v) is 9.43. The number of aliphatic carboxylic acids is 1. The van der Waals surface area contributed by atoms with Crippen LogP contribution >= 0.6 is 23.2 Å². The highest BCUT2D eigenvalue weighted by molar-refractivity contribution is 6.42. The molecule has 2 aromatic rings. The number of benzene rings is 2. The van der Waals surface area contributed by atoms with Crippen LogP contribution in [0.15, 0.2) is 42.5 Å². The molecule has 1 saturated heterocycles. The third kappa shape index (κ3) is 3.98. The predicted octanol–water partition coefficient (Wildman–Crippen LogP) is 5.03.